The Labute approximate surface area is 189 Å². The van der Waals surface area contributed by atoms with Gasteiger partial charge in [0.25, 0.3) is 11.8 Å². The van der Waals surface area contributed by atoms with Crippen molar-refractivity contribution in [1.82, 2.24) is 20.4 Å². The Bertz CT molecular complexity index is 788. The van der Waals surface area contributed by atoms with Crippen molar-refractivity contribution in [2.45, 2.75) is 12.8 Å². The smallest absolute Gasteiger partial charge is 0.251 e. The first-order valence-electron chi connectivity index (χ1n) is 11.2. The molecule has 8 heteroatoms. The molecule has 1 fully saturated rings. The van der Waals surface area contributed by atoms with Crippen molar-refractivity contribution in [2.24, 2.45) is 0 Å². The van der Waals surface area contributed by atoms with Gasteiger partial charge in [-0.2, -0.15) is 0 Å². The maximum Gasteiger partial charge on any atom is 0.251 e. The summed E-state index contributed by atoms with van der Waals surface area (Å²) < 4.78 is 0. The quantitative estimate of drug-likeness (QED) is 0.329. The predicted octanol–water partition coefficient (Wildman–Crippen LogP) is 1.41. The second-order valence-corrected chi connectivity index (χ2v) is 8.15. The number of nitrogen functional groups attached to an aromatic ring is 2. The number of anilines is 2. The van der Waals surface area contributed by atoms with Gasteiger partial charge < -0.3 is 31.9 Å². The van der Waals surface area contributed by atoms with Gasteiger partial charge in [-0.3, -0.25) is 9.59 Å². The molecule has 1 heterocycles. The molecule has 8 nitrogen and oxygen atoms in total. The molecule has 0 aromatic heterocycles. The van der Waals surface area contributed by atoms with E-state index in [1.807, 2.05) is 0 Å². The summed E-state index contributed by atoms with van der Waals surface area (Å²) in [5.41, 5.74) is 13.9. The van der Waals surface area contributed by atoms with E-state index < -0.39 is 0 Å². The van der Waals surface area contributed by atoms with Gasteiger partial charge in [-0.05, 0) is 74.5 Å². The van der Waals surface area contributed by atoms with Crippen LogP contribution < -0.4 is 22.1 Å². The highest BCUT2D eigenvalue weighted by Crippen LogP contribution is 2.07. The van der Waals surface area contributed by atoms with E-state index in [0.717, 1.165) is 52.1 Å². The third-order valence-corrected chi connectivity index (χ3v) is 5.68. The lowest BCUT2D eigenvalue weighted by molar-refractivity contribution is 0.0935. The zero-order valence-corrected chi connectivity index (χ0v) is 18.6. The number of benzene rings is 2. The molecule has 32 heavy (non-hydrogen) atoms. The van der Waals surface area contributed by atoms with Gasteiger partial charge in [0, 0.05) is 61.8 Å². The van der Waals surface area contributed by atoms with E-state index in [-0.39, 0.29) is 11.8 Å². The Morgan fingerprint density at radius 2 is 1.00 bits per heavy atom. The molecule has 2 aromatic carbocycles. The minimum absolute atomic E-state index is 0.0571. The highest BCUT2D eigenvalue weighted by molar-refractivity contribution is 5.94. The van der Waals surface area contributed by atoms with Crippen LogP contribution in [0.15, 0.2) is 48.5 Å². The predicted molar refractivity (Wildman–Crippen MR) is 128 cm³/mol. The Hall–Kier alpha value is -3.10. The molecule has 2 amide bonds. The molecule has 2 aromatic rings. The van der Waals surface area contributed by atoms with Crippen molar-refractivity contribution in [1.29, 1.82) is 0 Å². The molecule has 3 rings (SSSR count). The van der Waals surface area contributed by atoms with Gasteiger partial charge in [-0.25, -0.2) is 0 Å². The molecule has 0 unspecified atom stereocenters. The van der Waals surface area contributed by atoms with Crippen LogP contribution in [0.25, 0.3) is 0 Å². The van der Waals surface area contributed by atoms with Gasteiger partial charge >= 0.3 is 0 Å². The van der Waals surface area contributed by atoms with Gasteiger partial charge in [0.1, 0.15) is 0 Å². The fourth-order valence-corrected chi connectivity index (χ4v) is 3.72. The zero-order chi connectivity index (χ0) is 22.8. The van der Waals surface area contributed by atoms with Gasteiger partial charge in [0.15, 0.2) is 0 Å². The first-order valence-corrected chi connectivity index (χ1v) is 11.2. The summed E-state index contributed by atoms with van der Waals surface area (Å²) in [6, 6.07) is 13.9. The van der Waals surface area contributed by atoms with Crippen LogP contribution in [0, 0.1) is 0 Å². The third kappa shape index (κ3) is 7.55. The maximum atomic E-state index is 12.1. The molecular weight excluding hydrogens is 404 g/mol. The summed E-state index contributed by atoms with van der Waals surface area (Å²) in [4.78, 5) is 29.1. The van der Waals surface area contributed by atoms with Crippen LogP contribution in [-0.2, 0) is 0 Å². The van der Waals surface area contributed by atoms with Crippen molar-refractivity contribution in [3.05, 3.63) is 59.7 Å². The van der Waals surface area contributed by atoms with E-state index in [0.29, 0.717) is 35.6 Å². The Balaban J connectivity index is 1.22. The van der Waals surface area contributed by atoms with Crippen molar-refractivity contribution in [3.63, 3.8) is 0 Å². The fourth-order valence-electron chi connectivity index (χ4n) is 3.72. The summed E-state index contributed by atoms with van der Waals surface area (Å²) >= 11 is 0. The number of hydrogen-bond acceptors (Lipinski definition) is 6. The van der Waals surface area contributed by atoms with E-state index >= 15 is 0 Å². The van der Waals surface area contributed by atoms with E-state index in [9.17, 15) is 9.59 Å². The van der Waals surface area contributed by atoms with Crippen LogP contribution >= 0.6 is 0 Å². The lowest BCUT2D eigenvalue weighted by atomic mass is 10.2. The molecular formula is C24H34N6O2. The summed E-state index contributed by atoms with van der Waals surface area (Å²) in [5, 5.41) is 5.93. The van der Waals surface area contributed by atoms with Crippen LogP contribution in [0.1, 0.15) is 33.6 Å². The molecule has 0 aliphatic carbocycles. The lowest BCUT2D eigenvalue weighted by Crippen LogP contribution is -2.47. The van der Waals surface area contributed by atoms with Crippen molar-refractivity contribution < 1.29 is 9.59 Å². The van der Waals surface area contributed by atoms with Gasteiger partial charge in [-0.1, -0.05) is 0 Å². The number of piperazine rings is 1. The van der Waals surface area contributed by atoms with Crippen molar-refractivity contribution >= 4 is 23.2 Å². The maximum absolute atomic E-state index is 12.1. The zero-order valence-electron chi connectivity index (χ0n) is 18.6. The number of rotatable bonds is 10. The van der Waals surface area contributed by atoms with Gasteiger partial charge in [0.2, 0.25) is 0 Å². The fraction of sp³-hybridized carbons (Fsp3) is 0.417. The standard InChI is InChI=1S/C24H34N6O2/c25-21-7-3-19(4-8-21)23(31)27-11-1-13-29-15-17-30(18-16-29)14-2-12-28-24(32)20-5-9-22(26)10-6-20/h3-10H,1-2,11-18,25-26H2,(H,27,31)(H,28,32). The summed E-state index contributed by atoms with van der Waals surface area (Å²) in [7, 11) is 0. The average molecular weight is 439 g/mol. The lowest BCUT2D eigenvalue weighted by Gasteiger charge is -2.34. The molecule has 1 aliphatic rings. The molecule has 172 valence electrons. The third-order valence-electron chi connectivity index (χ3n) is 5.68. The second-order valence-electron chi connectivity index (χ2n) is 8.15. The molecule has 0 radical (unpaired) electrons. The van der Waals surface area contributed by atoms with Crippen LogP contribution in [0.2, 0.25) is 0 Å². The van der Waals surface area contributed by atoms with Crippen molar-refractivity contribution in [2.75, 3.05) is 63.8 Å². The van der Waals surface area contributed by atoms with E-state index in [1.165, 1.54) is 0 Å². The van der Waals surface area contributed by atoms with Crippen LogP contribution in [0.4, 0.5) is 11.4 Å². The molecule has 0 saturated carbocycles. The molecule has 1 aliphatic heterocycles. The van der Waals surface area contributed by atoms with E-state index in [1.54, 1.807) is 48.5 Å². The van der Waals surface area contributed by atoms with Crippen LogP contribution in [-0.4, -0.2) is 74.0 Å². The average Bonchev–Trinajstić information content (AvgIpc) is 2.81. The van der Waals surface area contributed by atoms with E-state index in [4.69, 9.17) is 11.5 Å². The highest BCUT2D eigenvalue weighted by atomic mass is 16.2. The monoisotopic (exact) mass is 438 g/mol. The Kier molecular flexibility index (Phi) is 8.89. The molecule has 0 atom stereocenters. The number of nitrogens with one attached hydrogen (secondary N) is 2. The SMILES string of the molecule is Nc1ccc(C(=O)NCCCN2CCN(CCCNC(=O)c3ccc(N)cc3)CC2)cc1. The van der Waals surface area contributed by atoms with Gasteiger partial charge in [-0.15, -0.1) is 0 Å². The Morgan fingerprint density at radius 1 is 0.656 bits per heavy atom. The van der Waals surface area contributed by atoms with Crippen LogP contribution in [0.3, 0.4) is 0 Å². The molecule has 0 bridgehead atoms. The highest BCUT2D eigenvalue weighted by Gasteiger charge is 2.16. The number of carbonyl (C=O) groups is 2. The Morgan fingerprint density at radius 3 is 1.34 bits per heavy atom. The minimum atomic E-state index is -0.0571. The normalized spacial score (nSPS) is 14.8. The molecule has 6 N–H and O–H groups in total. The van der Waals surface area contributed by atoms with Crippen molar-refractivity contribution in [3.8, 4) is 0 Å². The summed E-state index contributed by atoms with van der Waals surface area (Å²) in [6.45, 7) is 7.41. The topological polar surface area (TPSA) is 117 Å². The molecule has 1 saturated heterocycles. The number of nitrogens with two attached hydrogens (primary N) is 2. The molecule has 0 spiro atoms. The summed E-state index contributed by atoms with van der Waals surface area (Å²) in [5.74, 6) is -0.114. The number of hydrogen-bond donors (Lipinski definition) is 4. The van der Waals surface area contributed by atoms with Gasteiger partial charge in [0.05, 0.1) is 0 Å². The largest absolute Gasteiger partial charge is 0.399 e. The number of carbonyl (C=O) groups excluding carboxylic acids is 2. The number of amides is 2. The minimum Gasteiger partial charge on any atom is -0.399 e. The first kappa shape index (κ1) is 23.6. The second kappa shape index (κ2) is 12.1. The van der Waals surface area contributed by atoms with Crippen LogP contribution in [0.5, 0.6) is 0 Å². The summed E-state index contributed by atoms with van der Waals surface area (Å²) in [6.07, 6.45) is 1.86. The first-order chi connectivity index (χ1) is 15.5. The van der Waals surface area contributed by atoms with E-state index in [2.05, 4.69) is 20.4 Å². The number of nitrogens with zero attached hydrogens (tertiary/aromatic N) is 2.